The second-order valence-electron chi connectivity index (χ2n) is 9.55. The fourth-order valence-corrected chi connectivity index (χ4v) is 7.54. The Morgan fingerprint density at radius 3 is 2.52 bits per heavy atom. The van der Waals surface area contributed by atoms with Crippen LogP contribution in [0.25, 0.3) is 0 Å². The van der Waals surface area contributed by atoms with Crippen molar-refractivity contribution in [2.45, 2.75) is 84.3 Å². The Balaban J connectivity index is 1.61. The van der Waals surface area contributed by atoms with Crippen LogP contribution in [0.3, 0.4) is 0 Å². The molecule has 3 heteroatoms. The number of aliphatic hydroxyl groups excluding tert-OH is 1. The van der Waals surface area contributed by atoms with Crippen molar-refractivity contribution in [3.8, 4) is 0 Å². The van der Waals surface area contributed by atoms with Gasteiger partial charge in [-0.15, -0.1) is 0 Å². The molecule has 0 aromatic heterocycles. The van der Waals surface area contributed by atoms with Gasteiger partial charge in [-0.3, -0.25) is 4.79 Å². The van der Waals surface area contributed by atoms with Crippen molar-refractivity contribution < 1.29 is 9.90 Å². The predicted molar refractivity (Wildman–Crippen MR) is 90.7 cm³/mol. The van der Waals surface area contributed by atoms with Gasteiger partial charge in [0.15, 0.2) is 0 Å². The number of rotatable bonds is 1. The molecular formula is C20H33NO2. The van der Waals surface area contributed by atoms with Gasteiger partial charge in [-0.2, -0.15) is 0 Å². The zero-order valence-corrected chi connectivity index (χ0v) is 15.0. The average molecular weight is 319 g/mol. The number of piperidine rings is 1. The largest absolute Gasteiger partial charge is 0.393 e. The molecule has 0 spiro atoms. The Bertz CT molecular complexity index is 504. The Morgan fingerprint density at radius 2 is 1.78 bits per heavy atom. The van der Waals surface area contributed by atoms with Crippen LogP contribution in [-0.2, 0) is 4.79 Å². The van der Waals surface area contributed by atoms with Crippen molar-refractivity contribution in [3.05, 3.63) is 0 Å². The number of nitrogens with one attached hydrogen (secondary N) is 1. The highest BCUT2D eigenvalue weighted by Crippen LogP contribution is 2.65. The van der Waals surface area contributed by atoms with Gasteiger partial charge in [0.1, 0.15) is 0 Å². The molecule has 1 saturated heterocycles. The van der Waals surface area contributed by atoms with Crippen molar-refractivity contribution >= 4 is 5.91 Å². The first-order valence-electron chi connectivity index (χ1n) is 9.83. The minimum atomic E-state index is -0.164. The molecule has 0 radical (unpaired) electrons. The van der Waals surface area contributed by atoms with Gasteiger partial charge in [0, 0.05) is 12.5 Å². The average Bonchev–Trinajstić information content (AvgIpc) is 2.85. The van der Waals surface area contributed by atoms with Crippen molar-refractivity contribution in [2.75, 3.05) is 0 Å². The SMILES string of the molecule is C[C@@H](O)C1CCC2C3CCC4NC(=O)CC[C@]4(C)C3CC[C@@]21C. The lowest BCUT2D eigenvalue weighted by Crippen LogP contribution is -2.61. The van der Waals surface area contributed by atoms with Crippen LogP contribution in [0.2, 0.25) is 0 Å². The molecule has 0 aromatic rings. The van der Waals surface area contributed by atoms with Gasteiger partial charge in [-0.25, -0.2) is 0 Å². The topological polar surface area (TPSA) is 49.3 Å². The summed E-state index contributed by atoms with van der Waals surface area (Å²) in [6, 6.07) is 0.406. The number of carbonyl (C=O) groups is 1. The van der Waals surface area contributed by atoms with Crippen LogP contribution >= 0.6 is 0 Å². The Morgan fingerprint density at radius 1 is 1.04 bits per heavy atom. The molecule has 1 aliphatic heterocycles. The standard InChI is InChI=1S/C20H33NO2/c1-12(22)14-5-6-15-13-4-7-17-20(3,11-9-18(23)21-17)16(13)8-10-19(14,15)2/h12-17,22H,4-11H2,1-3H3,(H,21,23)/t12-,13?,14?,15?,16?,17?,19-,20-/m1/s1. The summed E-state index contributed by atoms with van der Waals surface area (Å²) in [6.07, 6.45) is 9.14. The molecule has 3 saturated carbocycles. The summed E-state index contributed by atoms with van der Waals surface area (Å²) >= 11 is 0. The summed E-state index contributed by atoms with van der Waals surface area (Å²) in [5.41, 5.74) is 0.650. The molecule has 4 aliphatic rings. The maximum absolute atomic E-state index is 11.8. The van der Waals surface area contributed by atoms with E-state index >= 15 is 0 Å². The smallest absolute Gasteiger partial charge is 0.220 e. The number of fused-ring (bicyclic) bond motifs is 5. The Kier molecular flexibility index (Phi) is 3.61. The highest BCUT2D eigenvalue weighted by Gasteiger charge is 2.60. The fourth-order valence-electron chi connectivity index (χ4n) is 7.54. The third-order valence-electron chi connectivity index (χ3n) is 8.75. The van der Waals surface area contributed by atoms with Crippen LogP contribution in [0.1, 0.15) is 72.1 Å². The lowest BCUT2D eigenvalue weighted by molar-refractivity contribution is -0.138. The molecule has 3 aliphatic carbocycles. The predicted octanol–water partition coefficient (Wildman–Crippen LogP) is 3.50. The molecule has 4 rings (SSSR count). The fraction of sp³-hybridized carbons (Fsp3) is 0.950. The zero-order valence-electron chi connectivity index (χ0n) is 15.0. The van der Waals surface area contributed by atoms with E-state index in [1.54, 1.807) is 0 Å². The van der Waals surface area contributed by atoms with Gasteiger partial charge in [0.25, 0.3) is 0 Å². The van der Waals surface area contributed by atoms with Gasteiger partial charge in [0.05, 0.1) is 6.10 Å². The normalized spacial score (nSPS) is 53.7. The number of aliphatic hydroxyl groups is 1. The molecule has 2 N–H and O–H groups in total. The van der Waals surface area contributed by atoms with Crippen LogP contribution in [0.4, 0.5) is 0 Å². The van der Waals surface area contributed by atoms with Crippen molar-refractivity contribution in [1.82, 2.24) is 5.32 Å². The van der Waals surface area contributed by atoms with E-state index in [0.717, 1.165) is 30.6 Å². The second-order valence-corrected chi connectivity index (χ2v) is 9.55. The van der Waals surface area contributed by atoms with Gasteiger partial charge in [0.2, 0.25) is 5.91 Å². The number of hydrogen-bond donors (Lipinski definition) is 2. The van der Waals surface area contributed by atoms with Crippen LogP contribution in [0.5, 0.6) is 0 Å². The van der Waals surface area contributed by atoms with Crippen molar-refractivity contribution in [3.63, 3.8) is 0 Å². The van der Waals surface area contributed by atoms with Crippen molar-refractivity contribution in [2.24, 2.45) is 34.5 Å². The van der Waals surface area contributed by atoms with Gasteiger partial charge >= 0.3 is 0 Å². The van der Waals surface area contributed by atoms with Crippen LogP contribution in [0.15, 0.2) is 0 Å². The Labute approximate surface area is 140 Å². The molecule has 130 valence electrons. The van der Waals surface area contributed by atoms with E-state index in [9.17, 15) is 9.90 Å². The van der Waals surface area contributed by atoms with Crippen LogP contribution in [-0.4, -0.2) is 23.2 Å². The Hall–Kier alpha value is -0.570. The van der Waals surface area contributed by atoms with E-state index in [4.69, 9.17) is 0 Å². The highest BCUT2D eigenvalue weighted by atomic mass is 16.3. The monoisotopic (exact) mass is 319 g/mol. The first-order chi connectivity index (χ1) is 10.9. The molecule has 5 unspecified atom stereocenters. The minimum absolute atomic E-state index is 0.164. The first kappa shape index (κ1) is 15.9. The molecular weight excluding hydrogens is 286 g/mol. The lowest BCUT2D eigenvalue weighted by Gasteiger charge is -2.60. The summed E-state index contributed by atoms with van der Waals surface area (Å²) in [6.45, 7) is 6.92. The summed E-state index contributed by atoms with van der Waals surface area (Å²) in [7, 11) is 0. The third-order valence-corrected chi connectivity index (χ3v) is 8.75. The molecule has 4 fully saturated rings. The zero-order chi connectivity index (χ0) is 16.4. The lowest BCUT2D eigenvalue weighted by atomic mass is 9.47. The van der Waals surface area contributed by atoms with E-state index in [1.807, 2.05) is 6.92 Å². The molecule has 1 amide bonds. The van der Waals surface area contributed by atoms with Gasteiger partial charge in [-0.1, -0.05) is 13.8 Å². The molecule has 1 heterocycles. The van der Waals surface area contributed by atoms with Gasteiger partial charge in [-0.05, 0) is 86.4 Å². The minimum Gasteiger partial charge on any atom is -0.393 e. The van der Waals surface area contributed by atoms with E-state index in [1.165, 1.54) is 32.1 Å². The third kappa shape index (κ3) is 2.14. The van der Waals surface area contributed by atoms with Crippen LogP contribution in [0, 0.1) is 34.5 Å². The van der Waals surface area contributed by atoms with E-state index in [2.05, 4.69) is 19.2 Å². The summed E-state index contributed by atoms with van der Waals surface area (Å²) < 4.78 is 0. The van der Waals surface area contributed by atoms with Gasteiger partial charge < -0.3 is 10.4 Å². The number of carbonyl (C=O) groups excluding carboxylic acids is 1. The van der Waals surface area contributed by atoms with E-state index in [0.29, 0.717) is 29.2 Å². The maximum atomic E-state index is 11.8. The molecule has 0 aromatic carbocycles. The quantitative estimate of drug-likeness (QED) is 0.777. The number of amides is 1. The second kappa shape index (κ2) is 5.21. The molecule has 23 heavy (non-hydrogen) atoms. The molecule has 0 bridgehead atoms. The maximum Gasteiger partial charge on any atom is 0.220 e. The summed E-state index contributed by atoms with van der Waals surface area (Å²) in [4.78, 5) is 11.8. The summed E-state index contributed by atoms with van der Waals surface area (Å²) in [5.74, 6) is 3.13. The first-order valence-corrected chi connectivity index (χ1v) is 9.83. The highest BCUT2D eigenvalue weighted by molar-refractivity contribution is 5.77. The number of hydrogen-bond acceptors (Lipinski definition) is 2. The summed E-state index contributed by atoms with van der Waals surface area (Å²) in [5, 5.41) is 13.6. The van der Waals surface area contributed by atoms with Crippen molar-refractivity contribution in [1.29, 1.82) is 0 Å². The molecule has 8 atom stereocenters. The van der Waals surface area contributed by atoms with E-state index in [-0.39, 0.29) is 12.0 Å². The van der Waals surface area contributed by atoms with E-state index < -0.39 is 0 Å². The molecule has 3 nitrogen and oxygen atoms in total. The van der Waals surface area contributed by atoms with Crippen LogP contribution < -0.4 is 5.32 Å².